The third kappa shape index (κ3) is 2.62. The Bertz CT molecular complexity index is 563. The third-order valence-electron chi connectivity index (χ3n) is 3.71. The maximum Gasteiger partial charge on any atom is 0.288 e. The van der Waals surface area contributed by atoms with Gasteiger partial charge < -0.3 is 10.1 Å². The molecule has 7 heteroatoms. The van der Waals surface area contributed by atoms with E-state index in [-0.39, 0.29) is 22.4 Å². The van der Waals surface area contributed by atoms with Gasteiger partial charge >= 0.3 is 0 Å². The third-order valence-corrected chi connectivity index (χ3v) is 4.10. The monoisotopic (exact) mass is 298 g/mol. The molecule has 0 saturated carbocycles. The minimum absolute atomic E-state index is 0.0983. The average Bonchev–Trinajstić information content (AvgIpc) is 2.69. The fourth-order valence-electron chi connectivity index (χ4n) is 2.16. The van der Waals surface area contributed by atoms with Crippen molar-refractivity contribution < 1.29 is 14.5 Å². The van der Waals surface area contributed by atoms with Crippen LogP contribution >= 0.6 is 11.6 Å². The van der Waals surface area contributed by atoms with E-state index in [1.54, 1.807) is 0 Å². The fraction of sp³-hybridized carbons (Fsp3) is 0.462. The van der Waals surface area contributed by atoms with Crippen LogP contribution < -0.4 is 5.32 Å². The summed E-state index contributed by atoms with van der Waals surface area (Å²) in [5.41, 5.74) is -0.674. The van der Waals surface area contributed by atoms with Crippen LogP contribution in [0, 0.1) is 10.1 Å². The van der Waals surface area contributed by atoms with Gasteiger partial charge in [0.25, 0.3) is 11.6 Å². The fourth-order valence-corrected chi connectivity index (χ4v) is 2.44. The Labute approximate surface area is 121 Å². The standard InChI is InChI=1S/C13H15ClN2O4/c1-8-13(2,6-7-20-8)15-12(17)9-4-3-5-10(11(9)14)16(18)19/h3-5,8H,6-7H2,1-2H3,(H,15,17). The number of ether oxygens (including phenoxy) is 1. The van der Waals surface area contributed by atoms with Gasteiger partial charge in [-0.1, -0.05) is 17.7 Å². The number of nitro benzene ring substituents is 1. The van der Waals surface area contributed by atoms with E-state index in [1.165, 1.54) is 18.2 Å². The van der Waals surface area contributed by atoms with E-state index in [2.05, 4.69) is 5.32 Å². The molecule has 2 atom stereocenters. The molecule has 1 N–H and O–H groups in total. The van der Waals surface area contributed by atoms with Gasteiger partial charge in [-0.05, 0) is 26.3 Å². The van der Waals surface area contributed by atoms with Gasteiger partial charge in [0.1, 0.15) is 5.02 Å². The van der Waals surface area contributed by atoms with Crippen molar-refractivity contribution in [3.05, 3.63) is 38.9 Å². The van der Waals surface area contributed by atoms with Gasteiger partial charge in [-0.15, -0.1) is 0 Å². The zero-order valence-corrected chi connectivity index (χ0v) is 11.9. The SMILES string of the molecule is CC1OCCC1(C)NC(=O)c1cccc([N+](=O)[O-])c1Cl. The second kappa shape index (κ2) is 5.38. The molecule has 1 aromatic carbocycles. The number of carbonyl (C=O) groups excluding carboxylic acids is 1. The van der Waals surface area contributed by atoms with Gasteiger partial charge in [0.05, 0.1) is 22.1 Å². The van der Waals surface area contributed by atoms with Crippen LogP contribution in [0.25, 0.3) is 0 Å². The van der Waals surface area contributed by atoms with Crippen LogP contribution in [0.3, 0.4) is 0 Å². The smallest absolute Gasteiger partial charge is 0.288 e. The number of amides is 1. The van der Waals surface area contributed by atoms with Crippen molar-refractivity contribution in [2.45, 2.75) is 31.9 Å². The highest BCUT2D eigenvalue weighted by Gasteiger charge is 2.39. The number of nitro groups is 1. The number of rotatable bonds is 3. The number of hydrogen-bond donors (Lipinski definition) is 1. The Hall–Kier alpha value is -1.66. The molecule has 2 unspecified atom stereocenters. The zero-order chi connectivity index (χ0) is 14.9. The van der Waals surface area contributed by atoms with Crippen LogP contribution in [-0.2, 0) is 4.74 Å². The average molecular weight is 299 g/mol. The summed E-state index contributed by atoms with van der Waals surface area (Å²) >= 11 is 5.93. The minimum Gasteiger partial charge on any atom is -0.376 e. The van der Waals surface area contributed by atoms with Crippen molar-refractivity contribution >= 4 is 23.2 Å². The lowest BCUT2D eigenvalue weighted by molar-refractivity contribution is -0.384. The number of hydrogen-bond acceptors (Lipinski definition) is 4. The summed E-state index contributed by atoms with van der Waals surface area (Å²) in [7, 11) is 0. The highest BCUT2D eigenvalue weighted by atomic mass is 35.5. The van der Waals surface area contributed by atoms with Crippen molar-refractivity contribution in [1.82, 2.24) is 5.32 Å². The number of halogens is 1. The van der Waals surface area contributed by atoms with Crippen molar-refractivity contribution in [3.8, 4) is 0 Å². The van der Waals surface area contributed by atoms with Gasteiger partial charge in [-0.2, -0.15) is 0 Å². The number of nitrogens with zero attached hydrogens (tertiary/aromatic N) is 1. The minimum atomic E-state index is -0.609. The van der Waals surface area contributed by atoms with Crippen molar-refractivity contribution in [2.75, 3.05) is 6.61 Å². The molecule has 1 fully saturated rings. The zero-order valence-electron chi connectivity index (χ0n) is 11.2. The van der Waals surface area contributed by atoms with Gasteiger partial charge in [-0.25, -0.2) is 0 Å². The first-order valence-electron chi connectivity index (χ1n) is 6.22. The summed E-state index contributed by atoms with van der Waals surface area (Å²) < 4.78 is 5.44. The summed E-state index contributed by atoms with van der Waals surface area (Å²) in [5, 5.41) is 13.5. The van der Waals surface area contributed by atoms with E-state index < -0.39 is 16.4 Å². The van der Waals surface area contributed by atoms with Crippen LogP contribution in [0.4, 0.5) is 5.69 Å². The predicted molar refractivity (Wildman–Crippen MR) is 74.0 cm³/mol. The number of nitrogens with one attached hydrogen (secondary N) is 1. The largest absolute Gasteiger partial charge is 0.376 e. The quantitative estimate of drug-likeness (QED) is 0.687. The van der Waals surface area contributed by atoms with Crippen LogP contribution in [-0.4, -0.2) is 29.1 Å². The summed E-state index contributed by atoms with van der Waals surface area (Å²) in [6.07, 6.45) is 0.566. The molecule has 108 valence electrons. The number of benzene rings is 1. The molecule has 1 amide bonds. The molecule has 1 heterocycles. The lowest BCUT2D eigenvalue weighted by atomic mass is 9.94. The molecule has 1 aliphatic heterocycles. The molecule has 0 radical (unpaired) electrons. The highest BCUT2D eigenvalue weighted by Crippen LogP contribution is 2.30. The molecule has 1 aliphatic rings. The van der Waals surface area contributed by atoms with E-state index in [0.29, 0.717) is 13.0 Å². The molecular weight excluding hydrogens is 284 g/mol. The molecule has 0 aromatic heterocycles. The summed E-state index contributed by atoms with van der Waals surface area (Å²) in [6, 6.07) is 4.17. The topological polar surface area (TPSA) is 81.5 Å². The van der Waals surface area contributed by atoms with E-state index in [9.17, 15) is 14.9 Å². The van der Waals surface area contributed by atoms with Gasteiger partial charge in [0.2, 0.25) is 0 Å². The number of carbonyl (C=O) groups is 1. The summed E-state index contributed by atoms with van der Waals surface area (Å²) in [4.78, 5) is 22.5. The van der Waals surface area contributed by atoms with E-state index in [4.69, 9.17) is 16.3 Å². The molecular formula is C13H15ClN2O4. The van der Waals surface area contributed by atoms with E-state index in [1.807, 2.05) is 13.8 Å². The van der Waals surface area contributed by atoms with E-state index in [0.717, 1.165) is 0 Å². The Morgan fingerprint density at radius 1 is 1.60 bits per heavy atom. The lowest BCUT2D eigenvalue weighted by Gasteiger charge is -2.29. The Morgan fingerprint density at radius 2 is 2.30 bits per heavy atom. The lowest BCUT2D eigenvalue weighted by Crippen LogP contribution is -2.50. The normalized spacial score (nSPS) is 25.4. The van der Waals surface area contributed by atoms with Crippen molar-refractivity contribution in [3.63, 3.8) is 0 Å². The molecule has 2 rings (SSSR count). The Kier molecular flexibility index (Phi) is 3.96. The maximum atomic E-state index is 12.3. The molecule has 0 aliphatic carbocycles. The van der Waals surface area contributed by atoms with Gasteiger partial charge in [0, 0.05) is 12.7 Å². The van der Waals surface area contributed by atoms with E-state index >= 15 is 0 Å². The van der Waals surface area contributed by atoms with Gasteiger partial charge in [-0.3, -0.25) is 14.9 Å². The summed E-state index contributed by atoms with van der Waals surface area (Å²) in [5.74, 6) is -0.432. The summed E-state index contributed by atoms with van der Waals surface area (Å²) in [6.45, 7) is 4.33. The first kappa shape index (κ1) is 14.7. The molecule has 1 saturated heterocycles. The molecule has 1 aromatic rings. The van der Waals surface area contributed by atoms with Crippen molar-refractivity contribution in [1.29, 1.82) is 0 Å². The van der Waals surface area contributed by atoms with Crippen LogP contribution in [0.2, 0.25) is 5.02 Å². The Morgan fingerprint density at radius 3 is 2.85 bits per heavy atom. The van der Waals surface area contributed by atoms with Crippen LogP contribution in [0.5, 0.6) is 0 Å². The molecule has 20 heavy (non-hydrogen) atoms. The highest BCUT2D eigenvalue weighted by molar-refractivity contribution is 6.35. The second-order valence-corrected chi connectivity index (χ2v) is 5.41. The van der Waals surface area contributed by atoms with Crippen LogP contribution in [0.15, 0.2) is 18.2 Å². The molecule has 0 bridgehead atoms. The maximum absolute atomic E-state index is 12.3. The first-order valence-corrected chi connectivity index (χ1v) is 6.60. The molecule has 6 nitrogen and oxygen atoms in total. The van der Waals surface area contributed by atoms with Crippen molar-refractivity contribution in [2.24, 2.45) is 0 Å². The van der Waals surface area contributed by atoms with Gasteiger partial charge in [0.15, 0.2) is 0 Å². The predicted octanol–water partition coefficient (Wildman–Crippen LogP) is 2.55. The molecule has 0 spiro atoms. The van der Waals surface area contributed by atoms with Crippen LogP contribution in [0.1, 0.15) is 30.6 Å². The second-order valence-electron chi connectivity index (χ2n) is 5.03. The Balaban J connectivity index is 2.26. The first-order chi connectivity index (χ1) is 9.35.